The van der Waals surface area contributed by atoms with Crippen molar-refractivity contribution in [3.8, 4) is 0 Å². The second-order valence-electron chi connectivity index (χ2n) is 7.29. The normalized spacial score (nSPS) is 11.9. The van der Waals surface area contributed by atoms with Gasteiger partial charge in [0.25, 0.3) is 11.5 Å². The molecule has 3 aromatic rings. The SMILES string of the molecule is Nc1nc2ccn(CCCc3ccc(C(=O)NC(CCC(=O)O)C(=O)O)cc3)c2c(=O)[nH]1. The van der Waals surface area contributed by atoms with Crippen LogP contribution >= 0.6 is 0 Å². The van der Waals surface area contributed by atoms with Gasteiger partial charge >= 0.3 is 11.9 Å². The van der Waals surface area contributed by atoms with Gasteiger partial charge < -0.3 is 25.8 Å². The van der Waals surface area contributed by atoms with E-state index in [0.29, 0.717) is 24.0 Å². The number of benzene rings is 1. The minimum absolute atomic E-state index is 0.0703. The number of carbonyl (C=O) groups excluding carboxylic acids is 1. The number of rotatable bonds is 10. The number of hydrogen-bond acceptors (Lipinski definition) is 6. The van der Waals surface area contributed by atoms with E-state index >= 15 is 0 Å². The molecule has 0 fully saturated rings. The zero-order valence-corrected chi connectivity index (χ0v) is 17.1. The van der Waals surface area contributed by atoms with Crippen LogP contribution in [0.1, 0.15) is 35.2 Å². The van der Waals surface area contributed by atoms with Gasteiger partial charge in [0.2, 0.25) is 5.95 Å². The highest BCUT2D eigenvalue weighted by Gasteiger charge is 2.21. The highest BCUT2D eigenvalue weighted by molar-refractivity contribution is 5.96. The molecule has 0 bridgehead atoms. The Morgan fingerprint density at radius 3 is 2.53 bits per heavy atom. The van der Waals surface area contributed by atoms with Gasteiger partial charge in [-0.3, -0.25) is 19.4 Å². The summed E-state index contributed by atoms with van der Waals surface area (Å²) in [6.07, 6.45) is 2.65. The van der Waals surface area contributed by atoms with E-state index in [0.717, 1.165) is 12.0 Å². The van der Waals surface area contributed by atoms with Crippen LogP contribution in [0, 0.1) is 0 Å². The molecule has 0 spiro atoms. The summed E-state index contributed by atoms with van der Waals surface area (Å²) >= 11 is 0. The third kappa shape index (κ3) is 5.50. The number of nitrogens with two attached hydrogens (primary N) is 1. The van der Waals surface area contributed by atoms with Crippen molar-refractivity contribution in [2.45, 2.75) is 38.3 Å². The maximum Gasteiger partial charge on any atom is 0.326 e. The molecule has 32 heavy (non-hydrogen) atoms. The Morgan fingerprint density at radius 2 is 1.88 bits per heavy atom. The van der Waals surface area contributed by atoms with Gasteiger partial charge in [-0.2, -0.15) is 0 Å². The fraction of sp³-hybridized carbons (Fsp3) is 0.286. The van der Waals surface area contributed by atoms with Crippen molar-refractivity contribution in [2.75, 3.05) is 5.73 Å². The van der Waals surface area contributed by atoms with Crippen LogP contribution in [-0.4, -0.2) is 48.6 Å². The standard InChI is InChI=1S/C21H23N5O6/c22-21-24-14-9-11-26(17(14)19(30)25-21)10-1-2-12-3-5-13(6-4-12)18(29)23-15(20(31)32)7-8-16(27)28/h3-6,9,11,15H,1-2,7-8,10H2,(H,23,29)(H,27,28)(H,31,32)(H3,22,24,25,30). The third-order valence-corrected chi connectivity index (χ3v) is 4.97. The topological polar surface area (TPSA) is 180 Å². The van der Waals surface area contributed by atoms with Gasteiger partial charge in [-0.05, 0) is 43.0 Å². The number of carbonyl (C=O) groups is 3. The molecule has 0 saturated carbocycles. The lowest BCUT2D eigenvalue weighted by Crippen LogP contribution is -2.41. The summed E-state index contributed by atoms with van der Waals surface area (Å²) < 4.78 is 1.81. The number of carboxylic acids is 2. The zero-order chi connectivity index (χ0) is 23.3. The Kier molecular flexibility index (Phi) is 6.88. The number of nitrogens with zero attached hydrogens (tertiary/aromatic N) is 2. The second kappa shape index (κ2) is 9.77. The molecule has 0 aliphatic heterocycles. The Labute approximate surface area is 181 Å². The number of anilines is 1. The number of fused-ring (bicyclic) bond motifs is 1. The molecule has 1 amide bonds. The second-order valence-corrected chi connectivity index (χ2v) is 7.29. The molecule has 2 aromatic heterocycles. The van der Waals surface area contributed by atoms with Crippen LogP contribution in [0.4, 0.5) is 5.95 Å². The van der Waals surface area contributed by atoms with Gasteiger partial charge in [0, 0.05) is 24.7 Å². The highest BCUT2D eigenvalue weighted by atomic mass is 16.4. The molecule has 0 saturated heterocycles. The molecule has 1 aromatic carbocycles. The van der Waals surface area contributed by atoms with Gasteiger partial charge in [0.1, 0.15) is 11.6 Å². The average molecular weight is 441 g/mol. The van der Waals surface area contributed by atoms with Crippen molar-refractivity contribution in [1.82, 2.24) is 19.9 Å². The fourth-order valence-electron chi connectivity index (χ4n) is 3.36. The van der Waals surface area contributed by atoms with E-state index in [9.17, 15) is 19.2 Å². The van der Waals surface area contributed by atoms with Gasteiger partial charge in [0.05, 0.1) is 5.52 Å². The van der Waals surface area contributed by atoms with Crippen molar-refractivity contribution in [1.29, 1.82) is 0 Å². The van der Waals surface area contributed by atoms with Gasteiger partial charge in [-0.1, -0.05) is 12.1 Å². The van der Waals surface area contributed by atoms with Crippen LogP contribution < -0.4 is 16.6 Å². The number of aromatic amines is 1. The molecule has 6 N–H and O–H groups in total. The number of aromatic nitrogens is 3. The van der Waals surface area contributed by atoms with Crippen LogP contribution in [-0.2, 0) is 22.6 Å². The van der Waals surface area contributed by atoms with E-state index in [4.69, 9.17) is 15.9 Å². The zero-order valence-electron chi connectivity index (χ0n) is 17.1. The fourth-order valence-corrected chi connectivity index (χ4v) is 3.36. The highest BCUT2D eigenvalue weighted by Crippen LogP contribution is 2.13. The summed E-state index contributed by atoms with van der Waals surface area (Å²) in [5, 5.41) is 20.2. The van der Waals surface area contributed by atoms with Crippen molar-refractivity contribution >= 4 is 34.8 Å². The Morgan fingerprint density at radius 1 is 1.16 bits per heavy atom. The number of H-pyrrole nitrogens is 1. The van der Waals surface area contributed by atoms with E-state index in [2.05, 4.69) is 15.3 Å². The summed E-state index contributed by atoms with van der Waals surface area (Å²) in [5.74, 6) is -2.93. The minimum atomic E-state index is -1.29. The summed E-state index contributed by atoms with van der Waals surface area (Å²) in [6.45, 7) is 0.588. The monoisotopic (exact) mass is 441 g/mol. The first-order chi connectivity index (χ1) is 15.2. The Balaban J connectivity index is 1.57. The number of aliphatic carboxylic acids is 2. The first-order valence-electron chi connectivity index (χ1n) is 9.93. The summed E-state index contributed by atoms with van der Waals surface area (Å²) in [7, 11) is 0. The van der Waals surface area contributed by atoms with Crippen molar-refractivity contribution in [3.05, 3.63) is 58.0 Å². The molecule has 0 aliphatic carbocycles. The molecule has 2 heterocycles. The van der Waals surface area contributed by atoms with Crippen LogP contribution in [0.5, 0.6) is 0 Å². The van der Waals surface area contributed by atoms with Crippen molar-refractivity contribution in [2.24, 2.45) is 0 Å². The van der Waals surface area contributed by atoms with E-state index < -0.39 is 23.9 Å². The number of aryl methyl sites for hydroxylation is 2. The van der Waals surface area contributed by atoms with Crippen molar-refractivity contribution < 1.29 is 24.6 Å². The molecular weight excluding hydrogens is 418 g/mol. The number of carboxylic acid groups (broad SMARTS) is 2. The van der Waals surface area contributed by atoms with Crippen molar-refractivity contribution in [3.63, 3.8) is 0 Å². The van der Waals surface area contributed by atoms with E-state index in [1.165, 1.54) is 0 Å². The maximum atomic E-state index is 12.3. The number of amides is 1. The molecule has 168 valence electrons. The number of hydrogen-bond donors (Lipinski definition) is 5. The quantitative estimate of drug-likeness (QED) is 0.309. The summed E-state index contributed by atoms with van der Waals surface area (Å²) in [5.41, 5.74) is 7.50. The van der Waals surface area contributed by atoms with Crippen LogP contribution in [0.2, 0.25) is 0 Å². The van der Waals surface area contributed by atoms with Crippen LogP contribution in [0.15, 0.2) is 41.3 Å². The molecule has 1 atom stereocenters. The van der Waals surface area contributed by atoms with Gasteiger partial charge in [0.15, 0.2) is 0 Å². The van der Waals surface area contributed by atoms with E-state index in [1.54, 1.807) is 36.5 Å². The van der Waals surface area contributed by atoms with Gasteiger partial charge in [-0.15, -0.1) is 0 Å². The molecule has 0 radical (unpaired) electrons. The molecule has 11 heteroatoms. The van der Waals surface area contributed by atoms with Crippen LogP contribution in [0.25, 0.3) is 11.0 Å². The lowest BCUT2D eigenvalue weighted by atomic mass is 10.1. The Hall–Kier alpha value is -4.15. The third-order valence-electron chi connectivity index (χ3n) is 4.97. The molecular formula is C21H23N5O6. The molecule has 3 rings (SSSR count). The number of nitrogens with one attached hydrogen (secondary N) is 2. The Bertz CT molecular complexity index is 1200. The largest absolute Gasteiger partial charge is 0.481 e. The minimum Gasteiger partial charge on any atom is -0.481 e. The van der Waals surface area contributed by atoms with Gasteiger partial charge in [-0.25, -0.2) is 9.78 Å². The number of nitrogen functional groups attached to an aromatic ring is 1. The predicted octanol–water partition coefficient (Wildman–Crippen LogP) is 0.987. The summed E-state index contributed by atoms with van der Waals surface area (Å²) in [4.78, 5) is 52.9. The first-order valence-corrected chi connectivity index (χ1v) is 9.93. The first kappa shape index (κ1) is 22.5. The lowest BCUT2D eigenvalue weighted by molar-refractivity contribution is -0.140. The maximum absolute atomic E-state index is 12.3. The molecule has 11 nitrogen and oxygen atoms in total. The average Bonchev–Trinajstić information content (AvgIpc) is 3.14. The molecule has 1 unspecified atom stereocenters. The lowest BCUT2D eigenvalue weighted by Gasteiger charge is -2.13. The van der Waals surface area contributed by atoms with E-state index in [1.807, 2.05) is 4.57 Å². The molecule has 0 aliphatic rings. The van der Waals surface area contributed by atoms with Crippen LogP contribution in [0.3, 0.4) is 0 Å². The predicted molar refractivity (Wildman–Crippen MR) is 115 cm³/mol. The smallest absolute Gasteiger partial charge is 0.326 e. The summed E-state index contributed by atoms with van der Waals surface area (Å²) in [6, 6.07) is 7.17. The van der Waals surface area contributed by atoms with E-state index in [-0.39, 0.29) is 29.9 Å².